The Bertz CT molecular complexity index is 504. The lowest BCUT2D eigenvalue weighted by molar-refractivity contribution is -0.149. The molecule has 0 saturated heterocycles. The molecule has 1 amide bonds. The number of amides is 1. The van der Waals surface area contributed by atoms with Crippen LogP contribution in [0.5, 0.6) is 5.75 Å². The molecule has 0 bridgehead atoms. The first-order valence-corrected chi connectivity index (χ1v) is 6.64. The molecule has 0 radical (unpaired) electrons. The van der Waals surface area contributed by atoms with Gasteiger partial charge in [-0.3, -0.25) is 4.79 Å². The highest BCUT2D eigenvalue weighted by atomic mass is 35.5. The minimum Gasteiger partial charge on any atom is -0.496 e. The number of carbonyl (C=O) groups excluding carboxylic acids is 1. The zero-order valence-corrected chi connectivity index (χ0v) is 12.5. The minimum atomic E-state index is -1.16. The Morgan fingerprint density at radius 3 is 2.55 bits per heavy atom. The lowest BCUT2D eigenvalue weighted by atomic mass is 10.0. The van der Waals surface area contributed by atoms with Crippen LogP contribution in [0, 0.1) is 0 Å². The molecular formula is C14H18ClNO4. The topological polar surface area (TPSA) is 66.8 Å². The Balaban J connectivity index is 3.40. The van der Waals surface area contributed by atoms with Gasteiger partial charge in [0.25, 0.3) is 0 Å². The highest BCUT2D eigenvalue weighted by Gasteiger charge is 2.33. The predicted octanol–water partition coefficient (Wildman–Crippen LogP) is 2.73. The van der Waals surface area contributed by atoms with Gasteiger partial charge >= 0.3 is 5.97 Å². The first kappa shape index (κ1) is 16.3. The molecule has 5 nitrogen and oxygen atoms in total. The van der Waals surface area contributed by atoms with Gasteiger partial charge in [-0.15, -0.1) is 0 Å². The zero-order chi connectivity index (χ0) is 15.3. The van der Waals surface area contributed by atoms with Crippen LogP contribution >= 0.6 is 11.6 Å². The van der Waals surface area contributed by atoms with Crippen molar-refractivity contribution in [3.8, 4) is 5.75 Å². The number of aliphatic carboxylic acids is 1. The Hall–Kier alpha value is -1.75. The quantitative estimate of drug-likeness (QED) is 0.877. The van der Waals surface area contributed by atoms with E-state index >= 15 is 0 Å². The smallest absolute Gasteiger partial charge is 0.331 e. The Morgan fingerprint density at radius 2 is 2.10 bits per heavy atom. The second-order valence-electron chi connectivity index (χ2n) is 4.31. The number of carboxylic acids is 1. The highest BCUT2D eigenvalue weighted by Crippen LogP contribution is 2.35. The van der Waals surface area contributed by atoms with E-state index in [0.717, 1.165) is 0 Å². The molecule has 0 heterocycles. The van der Waals surface area contributed by atoms with Crippen LogP contribution in [0.3, 0.4) is 0 Å². The van der Waals surface area contributed by atoms with E-state index in [2.05, 4.69) is 0 Å². The summed E-state index contributed by atoms with van der Waals surface area (Å²) < 4.78 is 5.18. The fourth-order valence-corrected chi connectivity index (χ4v) is 2.35. The number of hydrogen-bond acceptors (Lipinski definition) is 3. The maximum atomic E-state index is 11.7. The van der Waals surface area contributed by atoms with Crippen molar-refractivity contribution in [2.75, 3.05) is 13.7 Å². The van der Waals surface area contributed by atoms with Crippen molar-refractivity contribution in [1.29, 1.82) is 0 Å². The predicted molar refractivity (Wildman–Crippen MR) is 76.1 cm³/mol. The van der Waals surface area contributed by atoms with Gasteiger partial charge < -0.3 is 14.7 Å². The summed E-state index contributed by atoms with van der Waals surface area (Å²) in [5, 5.41) is 9.77. The first-order chi connectivity index (χ1) is 9.43. The summed E-state index contributed by atoms with van der Waals surface area (Å²) in [6.45, 7) is 3.55. The van der Waals surface area contributed by atoms with E-state index in [1.165, 1.54) is 18.9 Å². The van der Waals surface area contributed by atoms with Crippen LogP contribution in [-0.2, 0) is 9.59 Å². The summed E-state index contributed by atoms with van der Waals surface area (Å²) in [4.78, 5) is 24.7. The van der Waals surface area contributed by atoms with Crippen molar-refractivity contribution in [3.63, 3.8) is 0 Å². The third-order valence-corrected chi connectivity index (χ3v) is 3.25. The number of hydrogen-bond donors (Lipinski definition) is 1. The van der Waals surface area contributed by atoms with Gasteiger partial charge in [0, 0.05) is 19.0 Å². The number of halogens is 1. The molecule has 0 fully saturated rings. The second-order valence-corrected chi connectivity index (χ2v) is 4.72. The minimum absolute atomic E-state index is 0.263. The molecule has 1 unspecified atom stereocenters. The van der Waals surface area contributed by atoms with Gasteiger partial charge in [-0.25, -0.2) is 4.79 Å². The largest absolute Gasteiger partial charge is 0.496 e. The molecule has 0 spiro atoms. The van der Waals surface area contributed by atoms with E-state index in [4.69, 9.17) is 16.3 Å². The van der Waals surface area contributed by atoms with Gasteiger partial charge in [-0.2, -0.15) is 0 Å². The van der Waals surface area contributed by atoms with E-state index < -0.39 is 12.0 Å². The van der Waals surface area contributed by atoms with Crippen molar-refractivity contribution in [3.05, 3.63) is 28.8 Å². The van der Waals surface area contributed by atoms with Gasteiger partial charge in [-0.1, -0.05) is 24.6 Å². The number of carboxylic acid groups (broad SMARTS) is 1. The molecule has 1 atom stereocenters. The van der Waals surface area contributed by atoms with E-state index in [9.17, 15) is 14.7 Å². The van der Waals surface area contributed by atoms with Gasteiger partial charge in [0.15, 0.2) is 6.04 Å². The van der Waals surface area contributed by atoms with Crippen LogP contribution in [-0.4, -0.2) is 35.5 Å². The third kappa shape index (κ3) is 3.42. The van der Waals surface area contributed by atoms with Crippen LogP contribution in [0.1, 0.15) is 31.9 Å². The molecule has 1 rings (SSSR count). The Labute approximate surface area is 123 Å². The van der Waals surface area contributed by atoms with E-state index in [0.29, 0.717) is 24.3 Å². The normalized spacial score (nSPS) is 11.8. The lowest BCUT2D eigenvalue weighted by Crippen LogP contribution is -2.38. The zero-order valence-electron chi connectivity index (χ0n) is 11.7. The Kier molecular flexibility index (Phi) is 5.82. The average Bonchev–Trinajstić information content (AvgIpc) is 2.39. The van der Waals surface area contributed by atoms with Crippen LogP contribution < -0.4 is 4.74 Å². The van der Waals surface area contributed by atoms with Gasteiger partial charge in [0.2, 0.25) is 5.91 Å². The molecule has 1 aromatic rings. The highest BCUT2D eigenvalue weighted by molar-refractivity contribution is 6.31. The lowest BCUT2D eigenvalue weighted by Gasteiger charge is -2.29. The molecule has 110 valence electrons. The molecule has 1 N–H and O–H groups in total. The fraction of sp³-hybridized carbons (Fsp3) is 0.429. The number of benzene rings is 1. The number of nitrogens with zero attached hydrogens (tertiary/aromatic N) is 1. The number of rotatable bonds is 6. The molecule has 20 heavy (non-hydrogen) atoms. The number of methoxy groups -OCH3 is 1. The summed E-state index contributed by atoms with van der Waals surface area (Å²) in [5.74, 6) is -1.10. The summed E-state index contributed by atoms with van der Waals surface area (Å²) >= 11 is 6.11. The summed E-state index contributed by atoms with van der Waals surface area (Å²) in [6.07, 6.45) is 0.649. The SMILES string of the molecule is CCCN(C(C)=O)C(C(=O)O)c1c(Cl)cccc1OC. The van der Waals surface area contributed by atoms with E-state index in [1.54, 1.807) is 18.2 Å². The monoisotopic (exact) mass is 299 g/mol. The molecule has 0 aliphatic rings. The molecule has 0 aromatic heterocycles. The van der Waals surface area contributed by atoms with Crippen molar-refractivity contribution >= 4 is 23.5 Å². The molecule has 0 aliphatic heterocycles. The fourth-order valence-electron chi connectivity index (χ4n) is 2.08. The Morgan fingerprint density at radius 1 is 1.45 bits per heavy atom. The van der Waals surface area contributed by atoms with Crippen molar-refractivity contribution in [1.82, 2.24) is 4.90 Å². The van der Waals surface area contributed by atoms with Crippen molar-refractivity contribution in [2.45, 2.75) is 26.3 Å². The molecule has 1 aromatic carbocycles. The molecule has 0 saturated carbocycles. The maximum Gasteiger partial charge on any atom is 0.331 e. The summed E-state index contributed by atoms with van der Waals surface area (Å²) in [5.41, 5.74) is 0.299. The van der Waals surface area contributed by atoms with Crippen LogP contribution in [0.2, 0.25) is 5.02 Å². The molecule has 0 aliphatic carbocycles. The summed E-state index contributed by atoms with van der Waals surface area (Å²) in [7, 11) is 1.44. The first-order valence-electron chi connectivity index (χ1n) is 6.26. The van der Waals surface area contributed by atoms with Crippen LogP contribution in [0.4, 0.5) is 0 Å². The standard InChI is InChI=1S/C14H18ClNO4/c1-4-8-16(9(2)17)13(14(18)19)12-10(15)6-5-7-11(12)20-3/h5-7,13H,4,8H2,1-3H3,(H,18,19). The average molecular weight is 300 g/mol. The van der Waals surface area contributed by atoms with Gasteiger partial charge in [-0.05, 0) is 18.6 Å². The van der Waals surface area contributed by atoms with Gasteiger partial charge in [0.05, 0.1) is 12.1 Å². The van der Waals surface area contributed by atoms with Crippen molar-refractivity contribution < 1.29 is 19.4 Å². The molecular weight excluding hydrogens is 282 g/mol. The summed E-state index contributed by atoms with van der Waals surface area (Å²) in [6, 6.07) is 3.72. The second kappa shape index (κ2) is 7.14. The van der Waals surface area contributed by atoms with Crippen molar-refractivity contribution in [2.24, 2.45) is 0 Å². The number of ether oxygens (including phenoxy) is 1. The van der Waals surface area contributed by atoms with Crippen LogP contribution in [0.25, 0.3) is 0 Å². The van der Waals surface area contributed by atoms with E-state index in [1.807, 2.05) is 6.92 Å². The van der Waals surface area contributed by atoms with Crippen LogP contribution in [0.15, 0.2) is 18.2 Å². The maximum absolute atomic E-state index is 11.7. The third-order valence-electron chi connectivity index (χ3n) is 2.92. The van der Waals surface area contributed by atoms with Gasteiger partial charge in [0.1, 0.15) is 5.75 Å². The molecule has 6 heteroatoms. The number of carbonyl (C=O) groups is 2. The van der Waals surface area contributed by atoms with E-state index in [-0.39, 0.29) is 10.9 Å².